The molecule has 0 bridgehead atoms. The van der Waals surface area contributed by atoms with Crippen molar-refractivity contribution >= 4 is 11.6 Å². The van der Waals surface area contributed by atoms with E-state index in [0.29, 0.717) is 11.1 Å². The second-order valence-corrected chi connectivity index (χ2v) is 5.27. The summed E-state index contributed by atoms with van der Waals surface area (Å²) < 4.78 is 5.89. The van der Waals surface area contributed by atoms with Gasteiger partial charge in [0.2, 0.25) is 0 Å². The third-order valence-corrected chi connectivity index (χ3v) is 3.65. The smallest absolute Gasteiger partial charge is 0.131 e. The van der Waals surface area contributed by atoms with Gasteiger partial charge in [-0.15, -0.1) is 0 Å². The Hall–Kier alpha value is -1.51. The minimum absolute atomic E-state index is 0.386. The second kappa shape index (κ2) is 6.78. The molecule has 2 aromatic rings. The summed E-state index contributed by atoms with van der Waals surface area (Å²) in [4.78, 5) is 0. The van der Waals surface area contributed by atoms with Crippen molar-refractivity contribution in [2.45, 2.75) is 26.3 Å². The van der Waals surface area contributed by atoms with E-state index in [1.54, 1.807) is 0 Å². The van der Waals surface area contributed by atoms with Crippen molar-refractivity contribution < 1.29 is 4.74 Å². The molecule has 0 aliphatic rings. The van der Waals surface area contributed by atoms with Gasteiger partial charge in [-0.1, -0.05) is 36.7 Å². The van der Waals surface area contributed by atoms with Crippen LogP contribution in [-0.4, -0.2) is 7.05 Å². The number of halogens is 1. The monoisotopic (exact) mass is 289 g/mol. The molecule has 1 atom stereocenters. The molecule has 20 heavy (non-hydrogen) atoms. The molecule has 0 radical (unpaired) electrons. The van der Waals surface area contributed by atoms with Gasteiger partial charge in [-0.2, -0.15) is 0 Å². The van der Waals surface area contributed by atoms with Crippen molar-refractivity contribution in [3.05, 3.63) is 58.6 Å². The number of benzene rings is 2. The highest BCUT2D eigenvalue weighted by Gasteiger charge is 2.07. The molecule has 106 valence electrons. The molecule has 2 nitrogen and oxygen atoms in total. The van der Waals surface area contributed by atoms with Crippen LogP contribution in [-0.2, 0) is 0 Å². The summed E-state index contributed by atoms with van der Waals surface area (Å²) >= 11 is 6.00. The second-order valence-electron chi connectivity index (χ2n) is 4.83. The Morgan fingerprint density at radius 3 is 2.45 bits per heavy atom. The van der Waals surface area contributed by atoms with E-state index >= 15 is 0 Å². The molecule has 0 saturated carbocycles. The maximum Gasteiger partial charge on any atom is 0.131 e. The van der Waals surface area contributed by atoms with Crippen molar-refractivity contribution in [3.8, 4) is 11.5 Å². The Kier molecular flexibility index (Phi) is 5.05. The summed E-state index contributed by atoms with van der Waals surface area (Å²) in [5, 5.41) is 3.98. The van der Waals surface area contributed by atoms with Crippen LogP contribution in [0.5, 0.6) is 11.5 Å². The molecule has 0 aliphatic heterocycles. The number of hydrogen-bond donors (Lipinski definition) is 1. The summed E-state index contributed by atoms with van der Waals surface area (Å²) in [6, 6.07) is 14.2. The van der Waals surface area contributed by atoms with E-state index in [4.69, 9.17) is 16.3 Å². The molecule has 0 aromatic heterocycles. The topological polar surface area (TPSA) is 21.3 Å². The Balaban J connectivity index is 2.16. The lowest BCUT2D eigenvalue weighted by Crippen LogP contribution is -2.14. The van der Waals surface area contributed by atoms with Crippen LogP contribution < -0.4 is 10.1 Å². The van der Waals surface area contributed by atoms with Gasteiger partial charge in [0.05, 0.1) is 0 Å². The van der Waals surface area contributed by atoms with Gasteiger partial charge in [0.15, 0.2) is 0 Å². The van der Waals surface area contributed by atoms with Crippen LogP contribution in [0.1, 0.15) is 30.5 Å². The van der Waals surface area contributed by atoms with Gasteiger partial charge in [0.1, 0.15) is 11.5 Å². The third kappa shape index (κ3) is 3.53. The quantitative estimate of drug-likeness (QED) is 0.826. The first-order valence-corrected chi connectivity index (χ1v) is 7.23. The minimum Gasteiger partial charge on any atom is -0.457 e. The molecule has 3 heteroatoms. The zero-order valence-corrected chi connectivity index (χ0v) is 12.9. The van der Waals surface area contributed by atoms with Crippen LogP contribution in [0, 0.1) is 6.92 Å². The Morgan fingerprint density at radius 1 is 1.15 bits per heavy atom. The number of hydrogen-bond acceptors (Lipinski definition) is 2. The van der Waals surface area contributed by atoms with E-state index in [9.17, 15) is 0 Å². The zero-order valence-electron chi connectivity index (χ0n) is 12.1. The van der Waals surface area contributed by atoms with Crippen LogP contribution in [0.15, 0.2) is 42.5 Å². The minimum atomic E-state index is 0.386. The Morgan fingerprint density at radius 2 is 1.85 bits per heavy atom. The molecule has 0 aliphatic carbocycles. The Bertz CT molecular complexity index is 562. The van der Waals surface area contributed by atoms with Gasteiger partial charge in [-0.05, 0) is 55.8 Å². The number of aryl methyl sites for hydroxylation is 1. The molecular formula is C17H20ClNO. The summed E-state index contributed by atoms with van der Waals surface area (Å²) in [7, 11) is 1.98. The normalized spacial score (nSPS) is 12.2. The summed E-state index contributed by atoms with van der Waals surface area (Å²) in [6.45, 7) is 4.18. The lowest BCUT2D eigenvalue weighted by molar-refractivity contribution is 0.478. The van der Waals surface area contributed by atoms with Crippen LogP contribution in [0.3, 0.4) is 0 Å². The predicted octanol–water partition coefficient (Wildman–Crippen LogP) is 5.11. The van der Waals surface area contributed by atoms with Crippen molar-refractivity contribution in [2.75, 3.05) is 7.05 Å². The number of ether oxygens (including phenoxy) is 1. The van der Waals surface area contributed by atoms with Crippen molar-refractivity contribution in [1.29, 1.82) is 0 Å². The van der Waals surface area contributed by atoms with Crippen LogP contribution >= 0.6 is 11.6 Å². The summed E-state index contributed by atoms with van der Waals surface area (Å²) in [5.74, 6) is 1.62. The largest absolute Gasteiger partial charge is 0.457 e. The van der Waals surface area contributed by atoms with Crippen LogP contribution in [0.2, 0.25) is 5.02 Å². The highest BCUT2D eigenvalue weighted by molar-refractivity contribution is 6.30. The van der Waals surface area contributed by atoms with E-state index in [1.807, 2.05) is 44.3 Å². The first kappa shape index (κ1) is 14.9. The van der Waals surface area contributed by atoms with E-state index in [1.165, 1.54) is 5.56 Å². The maximum atomic E-state index is 6.00. The third-order valence-electron chi connectivity index (χ3n) is 3.42. The first-order chi connectivity index (χ1) is 9.63. The zero-order chi connectivity index (χ0) is 14.5. The van der Waals surface area contributed by atoms with Gasteiger partial charge in [0.25, 0.3) is 0 Å². The number of nitrogens with one attached hydrogen (secondary N) is 1. The van der Waals surface area contributed by atoms with Crippen molar-refractivity contribution in [1.82, 2.24) is 5.32 Å². The first-order valence-electron chi connectivity index (χ1n) is 6.85. The standard InChI is InChI=1S/C17H20ClNO/c1-4-16(19-3)13-6-9-15(10-7-13)20-17-11-14(18)8-5-12(17)2/h5-11,16,19H,4H2,1-3H3. The highest BCUT2D eigenvalue weighted by Crippen LogP contribution is 2.29. The lowest BCUT2D eigenvalue weighted by Gasteiger charge is -2.15. The molecule has 0 fully saturated rings. The van der Waals surface area contributed by atoms with Crippen LogP contribution in [0.25, 0.3) is 0 Å². The molecule has 0 heterocycles. The predicted molar refractivity (Wildman–Crippen MR) is 84.8 cm³/mol. The molecule has 0 amide bonds. The number of rotatable bonds is 5. The maximum absolute atomic E-state index is 6.00. The van der Waals surface area contributed by atoms with Gasteiger partial charge in [-0.25, -0.2) is 0 Å². The lowest BCUT2D eigenvalue weighted by atomic mass is 10.0. The van der Waals surface area contributed by atoms with Gasteiger partial charge in [0, 0.05) is 11.1 Å². The highest BCUT2D eigenvalue weighted by atomic mass is 35.5. The summed E-state index contributed by atoms with van der Waals surface area (Å²) in [6.07, 6.45) is 1.06. The van der Waals surface area contributed by atoms with Gasteiger partial charge in [-0.3, -0.25) is 0 Å². The molecular weight excluding hydrogens is 270 g/mol. The summed E-state index contributed by atoms with van der Waals surface area (Å²) in [5.41, 5.74) is 2.34. The Labute approximate surface area is 125 Å². The van der Waals surface area contributed by atoms with Gasteiger partial charge < -0.3 is 10.1 Å². The van der Waals surface area contributed by atoms with Crippen molar-refractivity contribution in [3.63, 3.8) is 0 Å². The molecule has 0 saturated heterocycles. The van der Waals surface area contributed by atoms with E-state index < -0.39 is 0 Å². The molecule has 2 aromatic carbocycles. The van der Waals surface area contributed by atoms with Gasteiger partial charge >= 0.3 is 0 Å². The SMILES string of the molecule is CCC(NC)c1ccc(Oc2cc(Cl)ccc2C)cc1. The fourth-order valence-corrected chi connectivity index (χ4v) is 2.35. The van der Waals surface area contributed by atoms with E-state index in [2.05, 4.69) is 24.4 Å². The van der Waals surface area contributed by atoms with Crippen molar-refractivity contribution in [2.24, 2.45) is 0 Å². The van der Waals surface area contributed by atoms with E-state index in [0.717, 1.165) is 23.5 Å². The molecule has 0 spiro atoms. The molecule has 1 N–H and O–H groups in total. The average molecular weight is 290 g/mol. The average Bonchev–Trinajstić information content (AvgIpc) is 2.46. The van der Waals surface area contributed by atoms with Crippen LogP contribution in [0.4, 0.5) is 0 Å². The fraction of sp³-hybridized carbons (Fsp3) is 0.294. The fourth-order valence-electron chi connectivity index (χ4n) is 2.19. The molecule has 1 unspecified atom stereocenters. The van der Waals surface area contributed by atoms with E-state index in [-0.39, 0.29) is 0 Å². The molecule has 2 rings (SSSR count).